The molecule has 3 rings (SSSR count). The zero-order valence-electron chi connectivity index (χ0n) is 10.3. The number of carbonyl (C=O) groups excluding carboxylic acids is 1. The van der Waals surface area contributed by atoms with Crippen molar-refractivity contribution in [2.24, 2.45) is 0 Å². The Morgan fingerprint density at radius 2 is 2.26 bits per heavy atom. The Morgan fingerprint density at radius 1 is 1.42 bits per heavy atom. The molecule has 0 unspecified atom stereocenters. The lowest BCUT2D eigenvalue weighted by atomic mass is 10.2. The molecule has 98 valence electrons. The van der Waals surface area contributed by atoms with Gasteiger partial charge >= 0.3 is 0 Å². The molecule has 0 spiro atoms. The van der Waals surface area contributed by atoms with Crippen LogP contribution in [0, 0.1) is 0 Å². The van der Waals surface area contributed by atoms with Crippen molar-refractivity contribution in [3.8, 4) is 5.75 Å². The molecule has 0 fully saturated rings. The van der Waals surface area contributed by atoms with Gasteiger partial charge in [-0.05, 0) is 18.6 Å². The number of aromatic nitrogens is 2. The summed E-state index contributed by atoms with van der Waals surface area (Å²) in [6.45, 7) is 1.19. The standard InChI is InChI=1S/C13H14N4O2/c14-9-8-15-16-12(9)13(18)17-6-3-7-19-11-5-2-1-4-10(11)17/h1-2,4-5,8H,3,6-7,14H2,(H,15,16). The van der Waals surface area contributed by atoms with Crippen molar-refractivity contribution < 1.29 is 9.53 Å². The molecule has 1 amide bonds. The van der Waals surface area contributed by atoms with Gasteiger partial charge in [0.2, 0.25) is 0 Å². The van der Waals surface area contributed by atoms with Crippen LogP contribution < -0.4 is 15.4 Å². The van der Waals surface area contributed by atoms with E-state index >= 15 is 0 Å². The Morgan fingerprint density at radius 3 is 3.05 bits per heavy atom. The molecule has 1 aliphatic rings. The van der Waals surface area contributed by atoms with Gasteiger partial charge in [0.05, 0.1) is 24.2 Å². The number of aromatic amines is 1. The van der Waals surface area contributed by atoms with Gasteiger partial charge in [0.1, 0.15) is 11.4 Å². The van der Waals surface area contributed by atoms with Gasteiger partial charge in [0, 0.05) is 6.54 Å². The number of nitrogens with two attached hydrogens (primary N) is 1. The number of para-hydroxylation sites is 2. The van der Waals surface area contributed by atoms with Crippen LogP contribution in [0.1, 0.15) is 16.9 Å². The molecule has 0 bridgehead atoms. The van der Waals surface area contributed by atoms with E-state index in [2.05, 4.69) is 10.2 Å². The van der Waals surface area contributed by atoms with E-state index in [1.165, 1.54) is 6.20 Å². The lowest BCUT2D eigenvalue weighted by Gasteiger charge is -2.21. The molecule has 1 aliphatic heterocycles. The van der Waals surface area contributed by atoms with E-state index in [1.54, 1.807) is 4.90 Å². The van der Waals surface area contributed by atoms with Gasteiger partial charge in [0.25, 0.3) is 5.91 Å². The van der Waals surface area contributed by atoms with E-state index in [4.69, 9.17) is 10.5 Å². The Kier molecular flexibility index (Phi) is 2.83. The van der Waals surface area contributed by atoms with Crippen LogP contribution in [0.15, 0.2) is 30.5 Å². The number of carbonyl (C=O) groups is 1. The number of fused-ring (bicyclic) bond motifs is 1. The Bertz CT molecular complexity index is 608. The molecular weight excluding hydrogens is 244 g/mol. The number of nitrogens with zero attached hydrogens (tertiary/aromatic N) is 2. The van der Waals surface area contributed by atoms with Crippen molar-refractivity contribution in [1.29, 1.82) is 0 Å². The predicted molar refractivity (Wildman–Crippen MR) is 71.2 cm³/mol. The predicted octanol–water partition coefficient (Wildman–Crippen LogP) is 1.42. The molecule has 0 atom stereocenters. The van der Waals surface area contributed by atoms with Crippen molar-refractivity contribution in [2.75, 3.05) is 23.8 Å². The van der Waals surface area contributed by atoms with Crippen LogP contribution in [0.2, 0.25) is 0 Å². The zero-order chi connectivity index (χ0) is 13.2. The van der Waals surface area contributed by atoms with Gasteiger partial charge in [-0.15, -0.1) is 0 Å². The second kappa shape index (κ2) is 4.64. The number of nitrogen functional groups attached to an aromatic ring is 1. The molecule has 2 heterocycles. The highest BCUT2D eigenvalue weighted by Crippen LogP contribution is 2.31. The average molecular weight is 258 g/mol. The van der Waals surface area contributed by atoms with Crippen LogP contribution in [0.5, 0.6) is 5.75 Å². The van der Waals surface area contributed by atoms with Crippen LogP contribution >= 0.6 is 0 Å². The highest BCUT2D eigenvalue weighted by Gasteiger charge is 2.25. The first-order chi connectivity index (χ1) is 9.27. The molecule has 6 heteroatoms. The van der Waals surface area contributed by atoms with Crippen LogP contribution in [-0.2, 0) is 0 Å². The van der Waals surface area contributed by atoms with Crippen LogP contribution in [0.3, 0.4) is 0 Å². The molecule has 0 aliphatic carbocycles. The molecule has 0 saturated heterocycles. The molecule has 1 aromatic heterocycles. The number of rotatable bonds is 1. The maximum Gasteiger partial charge on any atom is 0.278 e. The lowest BCUT2D eigenvalue weighted by Crippen LogP contribution is -2.32. The summed E-state index contributed by atoms with van der Waals surface area (Å²) < 4.78 is 5.63. The fourth-order valence-corrected chi connectivity index (χ4v) is 2.14. The van der Waals surface area contributed by atoms with Gasteiger partial charge in [-0.25, -0.2) is 0 Å². The van der Waals surface area contributed by atoms with E-state index in [1.807, 2.05) is 24.3 Å². The number of anilines is 2. The minimum Gasteiger partial charge on any atom is -0.491 e. The van der Waals surface area contributed by atoms with Gasteiger partial charge in [0.15, 0.2) is 0 Å². The number of ether oxygens (including phenoxy) is 1. The summed E-state index contributed by atoms with van der Waals surface area (Å²) in [5, 5.41) is 6.43. The van der Waals surface area contributed by atoms with Crippen LogP contribution in [0.4, 0.5) is 11.4 Å². The third-order valence-corrected chi connectivity index (χ3v) is 3.07. The molecule has 6 nitrogen and oxygen atoms in total. The summed E-state index contributed by atoms with van der Waals surface area (Å²) in [5.74, 6) is 0.527. The van der Waals surface area contributed by atoms with Crippen molar-refractivity contribution in [3.05, 3.63) is 36.2 Å². The fraction of sp³-hybridized carbons (Fsp3) is 0.231. The first kappa shape index (κ1) is 11.6. The monoisotopic (exact) mass is 258 g/mol. The SMILES string of the molecule is Nc1cn[nH]c1C(=O)N1CCCOc2ccccc21. The third kappa shape index (κ3) is 2.01. The van der Waals surface area contributed by atoms with Gasteiger partial charge in [-0.3, -0.25) is 9.89 Å². The summed E-state index contributed by atoms with van der Waals surface area (Å²) in [6.07, 6.45) is 2.21. The maximum atomic E-state index is 12.5. The molecule has 0 radical (unpaired) electrons. The summed E-state index contributed by atoms with van der Waals surface area (Å²) >= 11 is 0. The number of hydrogen-bond acceptors (Lipinski definition) is 4. The van der Waals surface area contributed by atoms with Crippen LogP contribution in [0.25, 0.3) is 0 Å². The molecule has 0 saturated carbocycles. The van der Waals surface area contributed by atoms with Gasteiger partial charge < -0.3 is 15.4 Å². The normalized spacial score (nSPS) is 14.4. The van der Waals surface area contributed by atoms with E-state index < -0.39 is 0 Å². The minimum absolute atomic E-state index is 0.187. The number of nitrogens with one attached hydrogen (secondary N) is 1. The first-order valence-corrected chi connectivity index (χ1v) is 6.10. The van der Waals surface area contributed by atoms with E-state index in [-0.39, 0.29) is 5.91 Å². The second-order valence-electron chi connectivity index (χ2n) is 4.33. The van der Waals surface area contributed by atoms with Gasteiger partial charge in [-0.1, -0.05) is 12.1 Å². The molecule has 19 heavy (non-hydrogen) atoms. The van der Waals surface area contributed by atoms with Crippen molar-refractivity contribution >= 4 is 17.3 Å². The number of hydrogen-bond donors (Lipinski definition) is 2. The smallest absolute Gasteiger partial charge is 0.278 e. The number of amides is 1. The van der Waals surface area contributed by atoms with E-state index in [0.29, 0.717) is 30.3 Å². The highest BCUT2D eigenvalue weighted by molar-refractivity contribution is 6.08. The molecule has 1 aromatic carbocycles. The molecule has 2 aromatic rings. The maximum absolute atomic E-state index is 12.5. The first-order valence-electron chi connectivity index (χ1n) is 6.10. The second-order valence-corrected chi connectivity index (χ2v) is 4.33. The number of benzene rings is 1. The molecule has 3 N–H and O–H groups in total. The minimum atomic E-state index is -0.187. The fourth-order valence-electron chi connectivity index (χ4n) is 2.14. The summed E-state index contributed by atoms with van der Waals surface area (Å²) in [7, 11) is 0. The van der Waals surface area contributed by atoms with Crippen LogP contribution in [-0.4, -0.2) is 29.3 Å². The van der Waals surface area contributed by atoms with E-state index in [9.17, 15) is 4.79 Å². The Labute approximate surface area is 110 Å². The zero-order valence-corrected chi connectivity index (χ0v) is 10.3. The number of H-pyrrole nitrogens is 1. The lowest BCUT2D eigenvalue weighted by molar-refractivity contribution is 0.0983. The van der Waals surface area contributed by atoms with Crippen molar-refractivity contribution in [1.82, 2.24) is 10.2 Å². The summed E-state index contributed by atoms with van der Waals surface area (Å²) in [6, 6.07) is 7.49. The third-order valence-electron chi connectivity index (χ3n) is 3.07. The summed E-state index contributed by atoms with van der Waals surface area (Å²) in [5.41, 5.74) is 7.17. The van der Waals surface area contributed by atoms with Crippen molar-refractivity contribution in [3.63, 3.8) is 0 Å². The summed E-state index contributed by atoms with van der Waals surface area (Å²) in [4.78, 5) is 14.2. The molecular formula is C13H14N4O2. The van der Waals surface area contributed by atoms with Gasteiger partial charge in [-0.2, -0.15) is 5.10 Å². The largest absolute Gasteiger partial charge is 0.491 e. The van der Waals surface area contributed by atoms with Crippen molar-refractivity contribution in [2.45, 2.75) is 6.42 Å². The Hall–Kier alpha value is -2.50. The van der Waals surface area contributed by atoms with E-state index in [0.717, 1.165) is 12.1 Å². The Balaban J connectivity index is 2.01. The highest BCUT2D eigenvalue weighted by atomic mass is 16.5. The average Bonchev–Trinajstić information content (AvgIpc) is 2.74. The topological polar surface area (TPSA) is 84.2 Å². The quantitative estimate of drug-likeness (QED) is 0.810.